The fourth-order valence-electron chi connectivity index (χ4n) is 1.40. The number of nitrogens with zero attached hydrogens (tertiary/aromatic N) is 1. The van der Waals surface area contributed by atoms with Crippen molar-refractivity contribution in [3.63, 3.8) is 0 Å². The van der Waals surface area contributed by atoms with Crippen LogP contribution >= 0.6 is 11.3 Å². The van der Waals surface area contributed by atoms with Crippen molar-refractivity contribution in [2.75, 3.05) is 0 Å². The number of hydrogen-bond acceptors (Lipinski definition) is 2. The van der Waals surface area contributed by atoms with Crippen LogP contribution in [0.3, 0.4) is 0 Å². The Morgan fingerprint density at radius 3 is 2.79 bits per heavy atom. The van der Waals surface area contributed by atoms with Crippen molar-refractivity contribution in [1.29, 1.82) is 0 Å². The number of hydrogen-bond donors (Lipinski definition) is 0. The minimum Gasteiger partial charge on any atom is -0.255 e. The predicted molar refractivity (Wildman–Crippen MR) is 63.8 cm³/mol. The van der Waals surface area contributed by atoms with E-state index in [-0.39, 0.29) is 0 Å². The van der Waals surface area contributed by atoms with Crippen molar-refractivity contribution in [2.45, 2.75) is 20.8 Å². The van der Waals surface area contributed by atoms with Crippen molar-refractivity contribution in [2.24, 2.45) is 0 Å². The highest BCUT2D eigenvalue weighted by Crippen LogP contribution is 2.31. The van der Waals surface area contributed by atoms with Crippen LogP contribution in [-0.2, 0) is 0 Å². The zero-order valence-electron chi connectivity index (χ0n) is 8.72. The molecule has 0 fully saturated rings. The monoisotopic (exact) mass is 203 g/mol. The van der Waals surface area contributed by atoms with Crippen molar-refractivity contribution in [1.82, 2.24) is 4.98 Å². The van der Waals surface area contributed by atoms with E-state index in [9.17, 15) is 0 Å². The largest absolute Gasteiger partial charge is 0.255 e. The van der Waals surface area contributed by atoms with Crippen LogP contribution in [0, 0.1) is 13.8 Å². The summed E-state index contributed by atoms with van der Waals surface area (Å²) in [7, 11) is 0. The van der Waals surface area contributed by atoms with Crippen LogP contribution in [0.4, 0.5) is 0 Å². The molecule has 2 heterocycles. The van der Waals surface area contributed by atoms with Gasteiger partial charge in [-0.05, 0) is 43.5 Å². The summed E-state index contributed by atoms with van der Waals surface area (Å²) in [4.78, 5) is 5.65. The van der Waals surface area contributed by atoms with Gasteiger partial charge < -0.3 is 0 Å². The molecule has 0 radical (unpaired) electrons. The Hall–Kier alpha value is -1.15. The van der Waals surface area contributed by atoms with Gasteiger partial charge in [0.25, 0.3) is 0 Å². The van der Waals surface area contributed by atoms with E-state index in [0.717, 1.165) is 11.1 Å². The fourth-order valence-corrected chi connectivity index (χ4v) is 2.49. The lowest BCUT2D eigenvalue weighted by Crippen LogP contribution is -1.82. The molecule has 0 saturated heterocycles. The third kappa shape index (κ3) is 1.36. The molecule has 2 aromatic rings. The van der Waals surface area contributed by atoms with Crippen molar-refractivity contribution in [3.05, 3.63) is 34.8 Å². The summed E-state index contributed by atoms with van der Waals surface area (Å²) >= 11 is 1.78. The fraction of sp³-hybridized carbons (Fsp3) is 0.250. The Balaban J connectivity index is 2.77. The Kier molecular flexibility index (Phi) is 2.16. The van der Waals surface area contributed by atoms with Gasteiger partial charge in [0.05, 0.1) is 10.2 Å². The maximum atomic E-state index is 4.41. The summed E-state index contributed by atoms with van der Waals surface area (Å²) in [5.41, 5.74) is 4.81. The molecule has 0 amide bonds. The third-order valence-electron chi connectivity index (χ3n) is 2.46. The van der Waals surface area contributed by atoms with E-state index in [2.05, 4.69) is 31.5 Å². The van der Waals surface area contributed by atoms with Crippen LogP contribution in [-0.4, -0.2) is 4.98 Å². The molecule has 14 heavy (non-hydrogen) atoms. The van der Waals surface area contributed by atoms with Gasteiger partial charge in [-0.1, -0.05) is 6.58 Å². The van der Waals surface area contributed by atoms with Gasteiger partial charge in [-0.15, -0.1) is 11.3 Å². The van der Waals surface area contributed by atoms with Crippen molar-refractivity contribution < 1.29 is 0 Å². The summed E-state index contributed by atoms with van der Waals surface area (Å²) < 4.78 is 1.29. The quantitative estimate of drug-likeness (QED) is 0.684. The van der Waals surface area contributed by atoms with E-state index < -0.39 is 0 Å². The number of allylic oxidation sites excluding steroid dienone is 1. The number of pyridine rings is 1. The number of thiophene rings is 1. The SMILES string of the molecule is C=C(C)c1cc2ncc(C)c(C)c2s1. The number of aromatic nitrogens is 1. The predicted octanol–water partition coefficient (Wildman–Crippen LogP) is 3.95. The molecule has 0 aliphatic heterocycles. The Morgan fingerprint density at radius 1 is 1.43 bits per heavy atom. The van der Waals surface area contributed by atoms with E-state index in [4.69, 9.17) is 0 Å². The van der Waals surface area contributed by atoms with Crippen LogP contribution in [0.1, 0.15) is 22.9 Å². The molecule has 0 bridgehead atoms. The summed E-state index contributed by atoms with van der Waals surface area (Å²) in [6.07, 6.45) is 1.94. The average molecular weight is 203 g/mol. The number of fused-ring (bicyclic) bond motifs is 1. The topological polar surface area (TPSA) is 12.9 Å². The van der Waals surface area contributed by atoms with Gasteiger partial charge in [-0.3, -0.25) is 4.98 Å². The lowest BCUT2D eigenvalue weighted by molar-refractivity contribution is 1.29. The normalized spacial score (nSPS) is 10.8. The number of rotatable bonds is 1. The van der Waals surface area contributed by atoms with Crippen LogP contribution in [0.15, 0.2) is 18.8 Å². The Bertz CT molecular complexity index is 508. The molecule has 0 saturated carbocycles. The van der Waals surface area contributed by atoms with Gasteiger partial charge in [0.2, 0.25) is 0 Å². The second-order valence-electron chi connectivity index (χ2n) is 3.67. The first-order valence-electron chi connectivity index (χ1n) is 4.61. The van der Waals surface area contributed by atoms with Gasteiger partial charge in [-0.25, -0.2) is 0 Å². The molecule has 0 aliphatic carbocycles. The summed E-state index contributed by atoms with van der Waals surface area (Å²) in [5.74, 6) is 0. The molecule has 0 N–H and O–H groups in total. The first-order valence-corrected chi connectivity index (χ1v) is 5.43. The van der Waals surface area contributed by atoms with E-state index in [1.54, 1.807) is 11.3 Å². The van der Waals surface area contributed by atoms with E-state index >= 15 is 0 Å². The standard InChI is InChI=1S/C12H13NS/c1-7(2)11-5-10-12(14-11)9(4)8(3)6-13-10/h5-6H,1H2,2-4H3. The van der Waals surface area contributed by atoms with Gasteiger partial charge in [0, 0.05) is 11.1 Å². The molecule has 0 spiro atoms. The first-order chi connectivity index (χ1) is 6.59. The minimum absolute atomic E-state index is 1.09. The van der Waals surface area contributed by atoms with Gasteiger partial charge in [0.15, 0.2) is 0 Å². The van der Waals surface area contributed by atoms with Crippen LogP contribution in [0.25, 0.3) is 15.8 Å². The lowest BCUT2D eigenvalue weighted by atomic mass is 10.1. The van der Waals surface area contributed by atoms with Gasteiger partial charge in [0.1, 0.15) is 0 Å². The Labute approximate surface area is 88.1 Å². The average Bonchev–Trinajstić information content (AvgIpc) is 2.56. The Morgan fingerprint density at radius 2 is 2.14 bits per heavy atom. The summed E-state index contributed by atoms with van der Waals surface area (Å²) in [6, 6.07) is 2.12. The molecular weight excluding hydrogens is 190 g/mol. The molecular formula is C12H13NS. The van der Waals surface area contributed by atoms with Gasteiger partial charge >= 0.3 is 0 Å². The maximum Gasteiger partial charge on any atom is 0.0818 e. The van der Waals surface area contributed by atoms with E-state index in [1.165, 1.54) is 20.7 Å². The highest BCUT2D eigenvalue weighted by atomic mass is 32.1. The molecule has 2 rings (SSSR count). The molecule has 2 aromatic heterocycles. The zero-order valence-corrected chi connectivity index (χ0v) is 9.53. The summed E-state index contributed by atoms with van der Waals surface area (Å²) in [6.45, 7) is 10.2. The molecule has 0 aromatic carbocycles. The van der Waals surface area contributed by atoms with E-state index in [1.807, 2.05) is 13.1 Å². The lowest BCUT2D eigenvalue weighted by Gasteiger charge is -1.98. The van der Waals surface area contributed by atoms with Crippen molar-refractivity contribution >= 4 is 27.1 Å². The molecule has 2 heteroatoms. The second kappa shape index (κ2) is 3.21. The molecule has 0 atom stereocenters. The molecule has 0 unspecified atom stereocenters. The zero-order chi connectivity index (χ0) is 10.3. The molecule has 1 nitrogen and oxygen atoms in total. The van der Waals surface area contributed by atoms with E-state index in [0.29, 0.717) is 0 Å². The van der Waals surface area contributed by atoms with Crippen molar-refractivity contribution in [3.8, 4) is 0 Å². The maximum absolute atomic E-state index is 4.41. The number of aryl methyl sites for hydroxylation is 2. The van der Waals surface area contributed by atoms with Crippen LogP contribution < -0.4 is 0 Å². The van der Waals surface area contributed by atoms with Crippen LogP contribution in [0.2, 0.25) is 0 Å². The highest BCUT2D eigenvalue weighted by Gasteiger charge is 2.07. The minimum atomic E-state index is 1.09. The molecule has 0 aliphatic rings. The smallest absolute Gasteiger partial charge is 0.0818 e. The summed E-state index contributed by atoms with van der Waals surface area (Å²) in [5, 5.41) is 0. The highest BCUT2D eigenvalue weighted by molar-refractivity contribution is 7.20. The van der Waals surface area contributed by atoms with Crippen LogP contribution in [0.5, 0.6) is 0 Å². The molecule has 72 valence electrons. The third-order valence-corrected chi connectivity index (χ3v) is 3.87. The first kappa shape index (κ1) is 9.41. The van der Waals surface area contributed by atoms with Gasteiger partial charge in [-0.2, -0.15) is 0 Å². The second-order valence-corrected chi connectivity index (χ2v) is 4.72.